The van der Waals surface area contributed by atoms with Crippen LogP contribution in [-0.2, 0) is 9.84 Å². The molecule has 0 aliphatic rings. The van der Waals surface area contributed by atoms with E-state index < -0.39 is 20.2 Å². The Kier molecular flexibility index (Phi) is 5.04. The molecule has 0 aliphatic heterocycles. The van der Waals surface area contributed by atoms with E-state index in [2.05, 4.69) is 5.32 Å². The van der Waals surface area contributed by atoms with Crippen molar-refractivity contribution in [1.82, 2.24) is 0 Å². The summed E-state index contributed by atoms with van der Waals surface area (Å²) in [5.74, 6) is 0.110. The fourth-order valence-electron chi connectivity index (χ4n) is 1.50. The summed E-state index contributed by atoms with van der Waals surface area (Å²) >= 11 is 0. The maximum atomic E-state index is 12.4. The highest BCUT2D eigenvalue weighted by Gasteiger charge is 2.46. The fraction of sp³-hybridized carbons (Fsp3) is 0.500. The van der Waals surface area contributed by atoms with Crippen LogP contribution in [0.5, 0.6) is 0 Å². The van der Waals surface area contributed by atoms with E-state index in [1.54, 1.807) is 0 Å². The van der Waals surface area contributed by atoms with Crippen LogP contribution in [0.1, 0.15) is 13.8 Å². The van der Waals surface area contributed by atoms with E-state index in [4.69, 9.17) is 5.11 Å². The minimum absolute atomic E-state index is 0.110. The second-order valence-corrected chi connectivity index (χ2v) is 6.59. The summed E-state index contributed by atoms with van der Waals surface area (Å²) in [6, 6.07) is 3.99. The Hall–Kier alpha value is -1.28. The van der Waals surface area contributed by atoms with E-state index >= 15 is 0 Å². The lowest BCUT2D eigenvalue weighted by molar-refractivity contribution is -0.0436. The molecule has 0 aromatic heterocycles. The van der Waals surface area contributed by atoms with Gasteiger partial charge >= 0.3 is 5.51 Å². The molecule has 1 rings (SSSR count). The molecule has 2 N–H and O–H groups in total. The Morgan fingerprint density at radius 3 is 2.05 bits per heavy atom. The highest BCUT2D eigenvalue weighted by molar-refractivity contribution is 7.92. The van der Waals surface area contributed by atoms with Crippen LogP contribution in [0, 0.1) is 5.92 Å². The largest absolute Gasteiger partial charge is 0.501 e. The van der Waals surface area contributed by atoms with Crippen LogP contribution < -0.4 is 5.32 Å². The van der Waals surface area contributed by atoms with Crippen molar-refractivity contribution >= 4 is 15.5 Å². The number of halogens is 3. The third kappa shape index (κ3) is 3.63. The van der Waals surface area contributed by atoms with Gasteiger partial charge in [-0.1, -0.05) is 13.8 Å². The van der Waals surface area contributed by atoms with Gasteiger partial charge in [-0.25, -0.2) is 8.42 Å². The highest BCUT2D eigenvalue weighted by atomic mass is 32.2. The Balaban J connectivity index is 2.96. The van der Waals surface area contributed by atoms with Gasteiger partial charge in [0.05, 0.1) is 17.5 Å². The zero-order chi connectivity index (χ0) is 15.6. The number of sulfone groups is 1. The van der Waals surface area contributed by atoms with Crippen LogP contribution in [-0.4, -0.2) is 31.7 Å². The molecule has 4 nitrogen and oxygen atoms in total. The van der Waals surface area contributed by atoms with Crippen molar-refractivity contribution in [2.45, 2.75) is 30.3 Å². The smallest absolute Gasteiger partial charge is 0.394 e. The Bertz CT molecular complexity index is 538. The van der Waals surface area contributed by atoms with Crippen molar-refractivity contribution in [3.63, 3.8) is 0 Å². The van der Waals surface area contributed by atoms with Gasteiger partial charge in [-0.15, -0.1) is 0 Å². The molecule has 0 aliphatic carbocycles. The minimum atomic E-state index is -5.32. The topological polar surface area (TPSA) is 66.4 Å². The number of anilines is 1. The average Bonchev–Trinajstić information content (AvgIpc) is 2.34. The van der Waals surface area contributed by atoms with Crippen LogP contribution in [0.3, 0.4) is 0 Å². The van der Waals surface area contributed by atoms with Crippen molar-refractivity contribution in [3.8, 4) is 0 Å². The van der Waals surface area contributed by atoms with Gasteiger partial charge in [-0.3, -0.25) is 0 Å². The molecule has 1 aromatic rings. The van der Waals surface area contributed by atoms with Crippen LogP contribution >= 0.6 is 0 Å². The monoisotopic (exact) mass is 311 g/mol. The molecule has 1 aromatic carbocycles. The second kappa shape index (κ2) is 6.01. The van der Waals surface area contributed by atoms with Gasteiger partial charge in [0.2, 0.25) is 0 Å². The number of benzene rings is 1. The lowest BCUT2D eigenvalue weighted by atomic mass is 10.1. The second-order valence-electron chi connectivity index (χ2n) is 4.65. The predicted octanol–water partition coefficient (Wildman–Crippen LogP) is 2.41. The lowest BCUT2D eigenvalue weighted by Gasteiger charge is -2.21. The zero-order valence-corrected chi connectivity index (χ0v) is 11.8. The van der Waals surface area contributed by atoms with E-state index in [1.807, 2.05) is 13.8 Å². The van der Waals surface area contributed by atoms with E-state index in [9.17, 15) is 21.6 Å². The Morgan fingerprint density at radius 1 is 1.20 bits per heavy atom. The number of hydrogen-bond donors (Lipinski definition) is 2. The van der Waals surface area contributed by atoms with Gasteiger partial charge in [0, 0.05) is 5.69 Å². The molecule has 0 heterocycles. The first kappa shape index (κ1) is 16.8. The molecular formula is C12H16F3NO3S. The first-order valence-corrected chi connectivity index (χ1v) is 7.36. The minimum Gasteiger partial charge on any atom is -0.394 e. The molecule has 8 heteroatoms. The molecule has 0 spiro atoms. The van der Waals surface area contributed by atoms with E-state index in [0.717, 1.165) is 12.1 Å². The maximum Gasteiger partial charge on any atom is 0.501 e. The normalized spacial score (nSPS) is 14.3. The van der Waals surface area contributed by atoms with Gasteiger partial charge in [0.1, 0.15) is 0 Å². The lowest BCUT2D eigenvalue weighted by Crippen LogP contribution is -2.29. The van der Waals surface area contributed by atoms with E-state index in [-0.39, 0.29) is 18.6 Å². The Morgan fingerprint density at radius 2 is 1.70 bits per heavy atom. The van der Waals surface area contributed by atoms with Crippen LogP contribution in [0.2, 0.25) is 0 Å². The van der Waals surface area contributed by atoms with Crippen molar-refractivity contribution in [1.29, 1.82) is 0 Å². The molecule has 0 amide bonds. The van der Waals surface area contributed by atoms with Crippen molar-refractivity contribution in [3.05, 3.63) is 24.3 Å². The molecule has 1 unspecified atom stereocenters. The molecular weight excluding hydrogens is 295 g/mol. The maximum absolute atomic E-state index is 12.4. The molecule has 0 saturated heterocycles. The molecule has 0 fully saturated rings. The molecule has 0 bridgehead atoms. The van der Waals surface area contributed by atoms with Crippen LogP contribution in [0.15, 0.2) is 29.2 Å². The number of nitrogens with one attached hydrogen (secondary N) is 1. The number of rotatable bonds is 5. The number of aliphatic hydroxyl groups excluding tert-OH is 1. The third-order valence-electron chi connectivity index (χ3n) is 2.82. The molecule has 0 radical (unpaired) electrons. The van der Waals surface area contributed by atoms with Crippen molar-refractivity contribution in [2.24, 2.45) is 5.92 Å². The predicted molar refractivity (Wildman–Crippen MR) is 69.0 cm³/mol. The zero-order valence-electron chi connectivity index (χ0n) is 11.0. The molecule has 1 atom stereocenters. The van der Waals surface area contributed by atoms with Gasteiger partial charge in [-0.05, 0) is 30.2 Å². The van der Waals surface area contributed by atoms with Gasteiger partial charge in [0.15, 0.2) is 0 Å². The summed E-state index contributed by atoms with van der Waals surface area (Å²) in [6.07, 6.45) is 0. The SMILES string of the molecule is CC(C)C(CO)Nc1ccc(S(=O)(=O)C(F)(F)F)cc1. The van der Waals surface area contributed by atoms with Crippen LogP contribution in [0.4, 0.5) is 18.9 Å². The summed E-state index contributed by atoms with van der Waals surface area (Å²) in [6.45, 7) is 3.60. The van der Waals surface area contributed by atoms with Crippen molar-refractivity contribution < 1.29 is 26.7 Å². The van der Waals surface area contributed by atoms with Gasteiger partial charge < -0.3 is 10.4 Å². The number of alkyl halides is 3. The van der Waals surface area contributed by atoms with Crippen molar-refractivity contribution in [2.75, 3.05) is 11.9 Å². The summed E-state index contributed by atoms with van der Waals surface area (Å²) in [5, 5.41) is 12.1. The standard InChI is InChI=1S/C12H16F3NO3S/c1-8(2)11(7-17)16-9-3-5-10(6-4-9)20(18,19)12(13,14)15/h3-6,8,11,16-17H,7H2,1-2H3. The quantitative estimate of drug-likeness (QED) is 0.876. The number of aliphatic hydroxyl groups is 1. The first-order chi connectivity index (χ1) is 9.09. The van der Waals surface area contributed by atoms with Crippen LogP contribution in [0.25, 0.3) is 0 Å². The highest BCUT2D eigenvalue weighted by Crippen LogP contribution is 2.30. The van der Waals surface area contributed by atoms with Gasteiger partial charge in [0.25, 0.3) is 9.84 Å². The Labute approximate surface area is 115 Å². The summed E-state index contributed by atoms with van der Waals surface area (Å²) < 4.78 is 59.4. The molecule has 0 saturated carbocycles. The fourth-order valence-corrected chi connectivity index (χ4v) is 2.26. The first-order valence-electron chi connectivity index (χ1n) is 5.88. The number of hydrogen-bond acceptors (Lipinski definition) is 4. The van der Waals surface area contributed by atoms with E-state index in [1.165, 1.54) is 12.1 Å². The molecule has 20 heavy (non-hydrogen) atoms. The molecule has 114 valence electrons. The summed E-state index contributed by atoms with van der Waals surface area (Å²) in [5.41, 5.74) is -4.87. The summed E-state index contributed by atoms with van der Waals surface area (Å²) in [4.78, 5) is -0.805. The average molecular weight is 311 g/mol. The summed E-state index contributed by atoms with van der Waals surface area (Å²) in [7, 11) is -5.32. The van der Waals surface area contributed by atoms with Gasteiger partial charge in [-0.2, -0.15) is 13.2 Å². The van der Waals surface area contributed by atoms with E-state index in [0.29, 0.717) is 5.69 Å². The third-order valence-corrected chi connectivity index (χ3v) is 4.33.